The van der Waals surface area contributed by atoms with Crippen LogP contribution < -0.4 is 0 Å². The van der Waals surface area contributed by atoms with Crippen molar-refractivity contribution in [2.75, 3.05) is 19.7 Å². The van der Waals surface area contributed by atoms with Crippen LogP contribution in [0, 0.1) is 17.6 Å². The second-order valence-corrected chi connectivity index (χ2v) is 6.73. The van der Waals surface area contributed by atoms with E-state index in [0.717, 1.165) is 17.7 Å². The molecule has 2 aromatic heterocycles. The van der Waals surface area contributed by atoms with Gasteiger partial charge in [-0.1, -0.05) is 6.07 Å². The Bertz CT molecular complexity index is 995. The first-order valence-electron chi connectivity index (χ1n) is 8.74. The molecule has 1 amide bonds. The molecule has 0 saturated carbocycles. The predicted molar refractivity (Wildman–Crippen MR) is 95.2 cm³/mol. The fraction of sp³-hybridized carbons (Fsp3) is 0.263. The summed E-state index contributed by atoms with van der Waals surface area (Å²) in [5, 5.41) is 24.1. The van der Waals surface area contributed by atoms with Crippen molar-refractivity contribution in [3.63, 3.8) is 0 Å². The first-order valence-corrected chi connectivity index (χ1v) is 8.74. The number of aliphatic hydroxyl groups is 1. The van der Waals surface area contributed by atoms with Gasteiger partial charge >= 0.3 is 0 Å². The van der Waals surface area contributed by atoms with Crippen molar-refractivity contribution >= 4 is 5.91 Å². The van der Waals surface area contributed by atoms with Gasteiger partial charge in [-0.15, -0.1) is 0 Å². The second-order valence-electron chi connectivity index (χ2n) is 6.73. The van der Waals surface area contributed by atoms with E-state index in [4.69, 9.17) is 0 Å². The van der Waals surface area contributed by atoms with Crippen LogP contribution in [-0.2, 0) is 0 Å². The third kappa shape index (κ3) is 3.36. The number of carbonyl (C=O) groups excluding carboxylic acids is 1. The van der Waals surface area contributed by atoms with Crippen molar-refractivity contribution in [3.05, 3.63) is 65.6 Å². The van der Waals surface area contributed by atoms with Crippen molar-refractivity contribution in [1.82, 2.24) is 25.3 Å². The van der Waals surface area contributed by atoms with Crippen LogP contribution in [0.5, 0.6) is 0 Å². The van der Waals surface area contributed by atoms with Crippen molar-refractivity contribution in [1.29, 1.82) is 0 Å². The number of amides is 1. The summed E-state index contributed by atoms with van der Waals surface area (Å²) in [7, 11) is 0. The van der Waals surface area contributed by atoms with E-state index in [1.54, 1.807) is 23.2 Å². The zero-order chi connectivity index (χ0) is 19.7. The Kier molecular flexibility index (Phi) is 4.82. The van der Waals surface area contributed by atoms with Crippen LogP contribution in [0.1, 0.15) is 22.0 Å². The number of aliphatic hydroxyl groups excluding tert-OH is 1. The summed E-state index contributed by atoms with van der Waals surface area (Å²) in [4.78, 5) is 14.4. The van der Waals surface area contributed by atoms with Crippen LogP contribution in [0.4, 0.5) is 8.78 Å². The van der Waals surface area contributed by atoms with E-state index in [-0.39, 0.29) is 24.3 Å². The predicted octanol–water partition coefficient (Wildman–Crippen LogP) is 1.99. The molecule has 1 aliphatic rings. The number of likely N-dealkylation sites (tertiary alicyclic amines) is 1. The van der Waals surface area contributed by atoms with Crippen LogP contribution >= 0.6 is 0 Å². The summed E-state index contributed by atoms with van der Waals surface area (Å²) in [5.41, 5.74) is 2.14. The van der Waals surface area contributed by atoms with Crippen LogP contribution in [0.2, 0.25) is 0 Å². The van der Waals surface area contributed by atoms with E-state index in [0.29, 0.717) is 30.0 Å². The number of nitrogens with zero attached hydrogens (tertiary/aromatic N) is 4. The summed E-state index contributed by atoms with van der Waals surface area (Å²) in [6.07, 6.45) is 3.07. The molecule has 0 radical (unpaired) electrons. The van der Waals surface area contributed by atoms with E-state index in [1.165, 1.54) is 12.3 Å². The molecule has 1 aromatic carbocycles. The number of aromatic amines is 1. The van der Waals surface area contributed by atoms with Gasteiger partial charge in [-0.25, -0.2) is 8.78 Å². The highest BCUT2D eigenvalue weighted by Gasteiger charge is 2.37. The molecule has 4 rings (SSSR count). The molecule has 1 fully saturated rings. The number of hydrogen-bond acceptors (Lipinski definition) is 5. The maximum absolute atomic E-state index is 13.6. The monoisotopic (exact) mass is 385 g/mol. The van der Waals surface area contributed by atoms with Crippen LogP contribution in [0.3, 0.4) is 0 Å². The Balaban J connectivity index is 1.54. The summed E-state index contributed by atoms with van der Waals surface area (Å²) < 4.78 is 26.8. The number of carbonyl (C=O) groups is 1. The van der Waals surface area contributed by atoms with Crippen LogP contribution in [-0.4, -0.2) is 56.0 Å². The highest BCUT2D eigenvalue weighted by molar-refractivity contribution is 5.93. The van der Waals surface area contributed by atoms with E-state index >= 15 is 0 Å². The number of H-pyrrole nitrogens is 1. The lowest BCUT2D eigenvalue weighted by molar-refractivity contribution is 0.0775. The minimum absolute atomic E-state index is 0.162. The molecule has 7 nitrogen and oxygen atoms in total. The van der Waals surface area contributed by atoms with Gasteiger partial charge in [0.15, 0.2) is 11.6 Å². The summed E-state index contributed by atoms with van der Waals surface area (Å²) in [6, 6.07) is 7.03. The SMILES string of the molecule is O=C(c1cc(-c2ccnnc2)n[nH]1)N1C[C@@H](CO)[C@H](c2ccc(F)c(F)c2)C1. The van der Waals surface area contributed by atoms with E-state index in [2.05, 4.69) is 20.4 Å². The van der Waals surface area contributed by atoms with Crippen molar-refractivity contribution in [3.8, 4) is 11.3 Å². The zero-order valence-electron chi connectivity index (χ0n) is 14.7. The molecule has 0 aliphatic carbocycles. The standard InChI is InChI=1S/C19H17F2N5O2/c20-15-2-1-11(5-16(15)21)14-9-26(8-13(14)10-27)19(28)18-6-17(24-25-18)12-3-4-22-23-7-12/h1-7,13-14,27H,8-10H2,(H,24,25)/t13-,14-/m0/s1. The molecule has 1 aliphatic heterocycles. The van der Waals surface area contributed by atoms with Crippen LogP contribution in [0.25, 0.3) is 11.3 Å². The summed E-state index contributed by atoms with van der Waals surface area (Å²) >= 11 is 0. The smallest absolute Gasteiger partial charge is 0.271 e. The molecular weight excluding hydrogens is 368 g/mol. The molecule has 3 heterocycles. The van der Waals surface area contributed by atoms with E-state index in [9.17, 15) is 18.7 Å². The van der Waals surface area contributed by atoms with Gasteiger partial charge < -0.3 is 10.0 Å². The van der Waals surface area contributed by atoms with Gasteiger partial charge in [0.1, 0.15) is 5.69 Å². The quantitative estimate of drug-likeness (QED) is 0.716. The number of benzene rings is 1. The highest BCUT2D eigenvalue weighted by atomic mass is 19.2. The lowest BCUT2D eigenvalue weighted by Gasteiger charge is -2.16. The highest BCUT2D eigenvalue weighted by Crippen LogP contribution is 2.34. The van der Waals surface area contributed by atoms with Gasteiger partial charge in [-0.05, 0) is 29.8 Å². The normalized spacial score (nSPS) is 19.2. The van der Waals surface area contributed by atoms with Crippen molar-refractivity contribution in [2.45, 2.75) is 5.92 Å². The van der Waals surface area contributed by atoms with Gasteiger partial charge in [0, 0.05) is 37.1 Å². The van der Waals surface area contributed by atoms with E-state index < -0.39 is 11.6 Å². The molecular formula is C19H17F2N5O2. The fourth-order valence-corrected chi connectivity index (χ4v) is 3.53. The molecule has 28 heavy (non-hydrogen) atoms. The minimum Gasteiger partial charge on any atom is -0.396 e. The number of aromatic nitrogens is 4. The van der Waals surface area contributed by atoms with Crippen molar-refractivity contribution in [2.24, 2.45) is 5.92 Å². The lowest BCUT2D eigenvalue weighted by atomic mass is 9.89. The molecule has 2 atom stereocenters. The molecule has 1 saturated heterocycles. The first-order chi connectivity index (χ1) is 13.6. The van der Waals surface area contributed by atoms with Crippen molar-refractivity contribution < 1.29 is 18.7 Å². The lowest BCUT2D eigenvalue weighted by Crippen LogP contribution is -2.29. The molecule has 0 unspecified atom stereocenters. The number of rotatable bonds is 4. The largest absolute Gasteiger partial charge is 0.396 e. The zero-order valence-corrected chi connectivity index (χ0v) is 14.7. The molecule has 0 bridgehead atoms. The van der Waals surface area contributed by atoms with Gasteiger partial charge in [0.05, 0.1) is 18.1 Å². The average molecular weight is 385 g/mol. The molecule has 3 aromatic rings. The molecule has 144 valence electrons. The molecule has 9 heteroatoms. The maximum Gasteiger partial charge on any atom is 0.271 e. The average Bonchev–Trinajstić information content (AvgIpc) is 3.38. The Morgan fingerprint density at radius 1 is 1.18 bits per heavy atom. The van der Waals surface area contributed by atoms with Gasteiger partial charge in [0.2, 0.25) is 0 Å². The Morgan fingerprint density at radius 2 is 2.04 bits per heavy atom. The number of nitrogens with one attached hydrogen (secondary N) is 1. The number of hydrogen-bond donors (Lipinski definition) is 2. The third-order valence-corrected chi connectivity index (χ3v) is 5.02. The van der Waals surface area contributed by atoms with Gasteiger partial charge in [0.25, 0.3) is 5.91 Å². The second kappa shape index (κ2) is 7.43. The summed E-state index contributed by atoms with van der Waals surface area (Å²) in [5.74, 6) is -2.69. The molecule has 2 N–H and O–H groups in total. The third-order valence-electron chi connectivity index (χ3n) is 5.02. The van der Waals surface area contributed by atoms with Crippen LogP contribution in [0.15, 0.2) is 42.7 Å². The number of halogens is 2. The van der Waals surface area contributed by atoms with Gasteiger partial charge in [-0.3, -0.25) is 9.89 Å². The summed E-state index contributed by atoms with van der Waals surface area (Å²) in [6.45, 7) is 0.439. The first kappa shape index (κ1) is 18.2. The minimum atomic E-state index is -0.942. The Hall–Kier alpha value is -3.20. The van der Waals surface area contributed by atoms with E-state index in [1.807, 2.05) is 0 Å². The Morgan fingerprint density at radius 3 is 2.75 bits per heavy atom. The Labute approximate surface area is 159 Å². The topological polar surface area (TPSA) is 95.0 Å². The maximum atomic E-state index is 13.6. The fourth-order valence-electron chi connectivity index (χ4n) is 3.53. The van der Waals surface area contributed by atoms with Gasteiger partial charge in [-0.2, -0.15) is 15.3 Å². The molecule has 0 spiro atoms.